The lowest BCUT2D eigenvalue weighted by atomic mass is 9.99. The molecule has 1 aliphatic heterocycles. The number of thiazole rings is 1. The van der Waals surface area contributed by atoms with Gasteiger partial charge in [-0.3, -0.25) is 9.78 Å². The van der Waals surface area contributed by atoms with Crippen molar-refractivity contribution in [3.63, 3.8) is 0 Å². The molecule has 5 heteroatoms. The molecule has 1 aliphatic rings. The van der Waals surface area contributed by atoms with Gasteiger partial charge in [-0.05, 0) is 37.8 Å². The molecule has 1 fully saturated rings. The summed E-state index contributed by atoms with van der Waals surface area (Å²) in [6, 6.07) is 5.81. The van der Waals surface area contributed by atoms with Gasteiger partial charge in [-0.15, -0.1) is 11.3 Å². The SMILES string of the molecule is Cc1nc(-c2ccccn2)sc1CC(=O)N1CCC(C)CC1. The van der Waals surface area contributed by atoms with E-state index in [1.807, 2.05) is 30.0 Å². The van der Waals surface area contributed by atoms with Gasteiger partial charge in [0, 0.05) is 24.2 Å². The third-order valence-electron chi connectivity index (χ3n) is 4.22. The lowest BCUT2D eigenvalue weighted by molar-refractivity contribution is -0.131. The number of carbonyl (C=O) groups is 1. The zero-order chi connectivity index (χ0) is 15.5. The maximum atomic E-state index is 12.5. The third kappa shape index (κ3) is 3.35. The Bertz CT molecular complexity index is 645. The van der Waals surface area contributed by atoms with Crippen molar-refractivity contribution in [2.24, 2.45) is 5.92 Å². The fourth-order valence-electron chi connectivity index (χ4n) is 2.70. The maximum absolute atomic E-state index is 12.5. The van der Waals surface area contributed by atoms with E-state index in [1.54, 1.807) is 17.5 Å². The predicted octanol–water partition coefficient (Wildman–Crippen LogP) is 3.31. The number of hydrogen-bond acceptors (Lipinski definition) is 4. The zero-order valence-electron chi connectivity index (χ0n) is 13.1. The zero-order valence-corrected chi connectivity index (χ0v) is 13.9. The molecular weight excluding hydrogens is 294 g/mol. The highest BCUT2D eigenvalue weighted by Gasteiger charge is 2.22. The van der Waals surface area contributed by atoms with E-state index in [9.17, 15) is 4.79 Å². The Morgan fingerprint density at radius 2 is 2.14 bits per heavy atom. The van der Waals surface area contributed by atoms with Gasteiger partial charge in [0.1, 0.15) is 5.01 Å². The number of aromatic nitrogens is 2. The molecule has 2 aromatic rings. The number of likely N-dealkylation sites (tertiary alicyclic amines) is 1. The molecule has 0 bridgehead atoms. The van der Waals surface area contributed by atoms with Gasteiger partial charge < -0.3 is 4.90 Å². The van der Waals surface area contributed by atoms with Gasteiger partial charge in [0.25, 0.3) is 0 Å². The van der Waals surface area contributed by atoms with Crippen molar-refractivity contribution < 1.29 is 4.79 Å². The lowest BCUT2D eigenvalue weighted by Crippen LogP contribution is -2.38. The summed E-state index contributed by atoms with van der Waals surface area (Å²) >= 11 is 1.58. The second-order valence-electron chi connectivity index (χ2n) is 5.98. The van der Waals surface area contributed by atoms with Gasteiger partial charge in [0.2, 0.25) is 5.91 Å². The second kappa shape index (κ2) is 6.57. The van der Waals surface area contributed by atoms with E-state index in [0.29, 0.717) is 6.42 Å². The van der Waals surface area contributed by atoms with Crippen molar-refractivity contribution in [2.45, 2.75) is 33.1 Å². The van der Waals surface area contributed by atoms with Crippen LogP contribution in [-0.4, -0.2) is 33.9 Å². The summed E-state index contributed by atoms with van der Waals surface area (Å²) < 4.78 is 0. The van der Waals surface area contributed by atoms with Crippen molar-refractivity contribution in [3.8, 4) is 10.7 Å². The van der Waals surface area contributed by atoms with Gasteiger partial charge in [-0.25, -0.2) is 4.98 Å². The van der Waals surface area contributed by atoms with Gasteiger partial charge in [-0.2, -0.15) is 0 Å². The minimum Gasteiger partial charge on any atom is -0.342 e. The van der Waals surface area contributed by atoms with E-state index >= 15 is 0 Å². The van der Waals surface area contributed by atoms with Crippen molar-refractivity contribution in [1.29, 1.82) is 0 Å². The molecule has 0 aliphatic carbocycles. The monoisotopic (exact) mass is 315 g/mol. The lowest BCUT2D eigenvalue weighted by Gasteiger charge is -2.30. The third-order valence-corrected chi connectivity index (χ3v) is 5.40. The van der Waals surface area contributed by atoms with Gasteiger partial charge in [0.05, 0.1) is 17.8 Å². The summed E-state index contributed by atoms with van der Waals surface area (Å²) in [5.74, 6) is 0.969. The topological polar surface area (TPSA) is 46.1 Å². The minimum atomic E-state index is 0.228. The van der Waals surface area contributed by atoms with Crippen molar-refractivity contribution in [1.82, 2.24) is 14.9 Å². The van der Waals surface area contributed by atoms with E-state index in [2.05, 4.69) is 16.9 Å². The number of hydrogen-bond donors (Lipinski definition) is 0. The number of pyridine rings is 1. The summed E-state index contributed by atoms with van der Waals surface area (Å²) in [7, 11) is 0. The van der Waals surface area contributed by atoms with Crippen LogP contribution in [-0.2, 0) is 11.2 Å². The summed E-state index contributed by atoms with van der Waals surface area (Å²) in [6.07, 6.45) is 4.47. The molecule has 116 valence electrons. The van der Waals surface area contributed by atoms with Crippen molar-refractivity contribution in [2.75, 3.05) is 13.1 Å². The van der Waals surface area contributed by atoms with Crippen LogP contribution >= 0.6 is 11.3 Å². The summed E-state index contributed by atoms with van der Waals surface area (Å²) in [5.41, 5.74) is 1.82. The normalized spacial score (nSPS) is 16.0. The van der Waals surface area contributed by atoms with E-state index in [-0.39, 0.29) is 5.91 Å². The van der Waals surface area contributed by atoms with Crippen LogP contribution in [0.15, 0.2) is 24.4 Å². The molecule has 0 N–H and O–H groups in total. The Kier molecular flexibility index (Phi) is 4.52. The smallest absolute Gasteiger partial charge is 0.227 e. The number of aryl methyl sites for hydroxylation is 1. The fraction of sp³-hybridized carbons (Fsp3) is 0.471. The summed E-state index contributed by atoms with van der Waals surface area (Å²) in [5, 5.41) is 0.896. The first kappa shape index (κ1) is 15.2. The molecule has 0 unspecified atom stereocenters. The first-order valence-electron chi connectivity index (χ1n) is 7.79. The molecule has 2 aromatic heterocycles. The molecule has 0 aromatic carbocycles. The molecule has 3 heterocycles. The minimum absolute atomic E-state index is 0.228. The van der Waals surface area contributed by atoms with E-state index < -0.39 is 0 Å². The highest BCUT2D eigenvalue weighted by Crippen LogP contribution is 2.27. The van der Waals surface area contributed by atoms with E-state index in [1.165, 1.54) is 0 Å². The first-order chi connectivity index (χ1) is 10.6. The summed E-state index contributed by atoms with van der Waals surface area (Å²) in [4.78, 5) is 24.4. The molecule has 1 amide bonds. The van der Waals surface area contributed by atoms with Crippen LogP contribution in [0.25, 0.3) is 10.7 Å². The van der Waals surface area contributed by atoms with Crippen LogP contribution in [0.4, 0.5) is 0 Å². The van der Waals surface area contributed by atoms with Gasteiger partial charge in [-0.1, -0.05) is 13.0 Å². The second-order valence-corrected chi connectivity index (χ2v) is 7.07. The molecule has 1 saturated heterocycles. The maximum Gasteiger partial charge on any atom is 0.227 e. The van der Waals surface area contributed by atoms with Crippen molar-refractivity contribution >= 4 is 17.2 Å². The van der Waals surface area contributed by atoms with E-state index in [0.717, 1.165) is 53.1 Å². The average Bonchev–Trinajstić information content (AvgIpc) is 2.90. The predicted molar refractivity (Wildman–Crippen MR) is 88.8 cm³/mol. The molecule has 0 spiro atoms. The summed E-state index contributed by atoms with van der Waals surface area (Å²) in [6.45, 7) is 6.02. The van der Waals surface area contributed by atoms with Gasteiger partial charge >= 0.3 is 0 Å². The molecule has 3 rings (SSSR count). The number of nitrogens with zero attached hydrogens (tertiary/aromatic N) is 3. The Morgan fingerprint density at radius 3 is 2.82 bits per heavy atom. The van der Waals surface area contributed by atoms with Crippen LogP contribution in [0.1, 0.15) is 30.3 Å². The Hall–Kier alpha value is -1.75. The van der Waals surface area contributed by atoms with Crippen molar-refractivity contribution in [3.05, 3.63) is 35.0 Å². The Morgan fingerprint density at radius 1 is 1.36 bits per heavy atom. The number of rotatable bonds is 3. The van der Waals surface area contributed by atoms with Crippen LogP contribution < -0.4 is 0 Å². The van der Waals surface area contributed by atoms with Crippen LogP contribution in [0.3, 0.4) is 0 Å². The standard InChI is InChI=1S/C17H21N3OS/c1-12-6-9-20(10-7-12)16(21)11-15-13(2)19-17(22-15)14-5-3-4-8-18-14/h3-5,8,12H,6-7,9-11H2,1-2H3. The average molecular weight is 315 g/mol. The Balaban J connectivity index is 1.70. The molecular formula is C17H21N3OS. The van der Waals surface area contributed by atoms with Crippen LogP contribution in [0.5, 0.6) is 0 Å². The number of amides is 1. The molecule has 0 atom stereocenters. The highest BCUT2D eigenvalue weighted by molar-refractivity contribution is 7.15. The molecule has 0 radical (unpaired) electrons. The first-order valence-corrected chi connectivity index (χ1v) is 8.60. The van der Waals surface area contributed by atoms with Crippen LogP contribution in [0.2, 0.25) is 0 Å². The van der Waals surface area contributed by atoms with Gasteiger partial charge in [0.15, 0.2) is 0 Å². The number of carbonyl (C=O) groups excluding carboxylic acids is 1. The largest absolute Gasteiger partial charge is 0.342 e. The Labute approximate surface area is 135 Å². The highest BCUT2D eigenvalue weighted by atomic mass is 32.1. The number of piperidine rings is 1. The fourth-order valence-corrected chi connectivity index (χ4v) is 3.73. The quantitative estimate of drug-likeness (QED) is 0.873. The molecule has 22 heavy (non-hydrogen) atoms. The molecule has 0 saturated carbocycles. The van der Waals surface area contributed by atoms with Crippen LogP contribution in [0, 0.1) is 12.8 Å². The van der Waals surface area contributed by atoms with E-state index in [4.69, 9.17) is 0 Å². The molecule has 4 nitrogen and oxygen atoms in total.